The molecule has 0 amide bonds. The summed E-state index contributed by atoms with van der Waals surface area (Å²) in [6.07, 6.45) is 7.25. The Hall–Kier alpha value is -1.05. The molecule has 0 bridgehead atoms. The summed E-state index contributed by atoms with van der Waals surface area (Å²) in [4.78, 5) is 6.86. The standard InChI is InChI=1S/C11H18N2/c1-4-13(5-2)11-9-7-6-8-10(3)12-11/h6-8H,4-5,9H2,1-3H3. The topological polar surface area (TPSA) is 15.6 Å². The molecule has 1 aliphatic heterocycles. The predicted octanol–water partition coefficient (Wildman–Crippen LogP) is 2.59. The zero-order valence-corrected chi connectivity index (χ0v) is 8.75. The lowest BCUT2D eigenvalue weighted by Gasteiger charge is -2.21. The van der Waals surface area contributed by atoms with Crippen molar-refractivity contribution in [3.63, 3.8) is 0 Å². The van der Waals surface area contributed by atoms with Crippen molar-refractivity contribution in [1.29, 1.82) is 0 Å². The van der Waals surface area contributed by atoms with Gasteiger partial charge in [-0.25, -0.2) is 4.99 Å². The van der Waals surface area contributed by atoms with Crippen molar-refractivity contribution >= 4 is 5.84 Å². The van der Waals surface area contributed by atoms with E-state index in [0.717, 1.165) is 25.2 Å². The van der Waals surface area contributed by atoms with Crippen LogP contribution >= 0.6 is 0 Å². The monoisotopic (exact) mass is 178 g/mol. The third-order valence-electron chi connectivity index (χ3n) is 2.21. The Kier molecular flexibility index (Phi) is 3.74. The molecule has 0 radical (unpaired) electrons. The van der Waals surface area contributed by atoms with Gasteiger partial charge in [0.15, 0.2) is 0 Å². The van der Waals surface area contributed by atoms with E-state index < -0.39 is 0 Å². The van der Waals surface area contributed by atoms with E-state index in [-0.39, 0.29) is 0 Å². The smallest absolute Gasteiger partial charge is 0.108 e. The summed E-state index contributed by atoms with van der Waals surface area (Å²) in [5.74, 6) is 1.19. The van der Waals surface area contributed by atoms with E-state index in [9.17, 15) is 0 Å². The van der Waals surface area contributed by atoms with Crippen LogP contribution in [-0.4, -0.2) is 23.8 Å². The molecule has 0 fully saturated rings. The predicted molar refractivity (Wildman–Crippen MR) is 57.9 cm³/mol. The molecule has 0 unspecified atom stereocenters. The molecule has 13 heavy (non-hydrogen) atoms. The van der Waals surface area contributed by atoms with E-state index in [0.29, 0.717) is 0 Å². The Bertz CT molecular complexity index is 245. The van der Waals surface area contributed by atoms with Gasteiger partial charge in [0, 0.05) is 25.2 Å². The van der Waals surface area contributed by atoms with Crippen molar-refractivity contribution in [3.05, 3.63) is 23.9 Å². The number of allylic oxidation sites excluding steroid dienone is 3. The molecule has 2 heteroatoms. The van der Waals surface area contributed by atoms with Gasteiger partial charge in [-0.1, -0.05) is 12.2 Å². The lowest BCUT2D eigenvalue weighted by Crippen LogP contribution is -2.30. The average molecular weight is 178 g/mol. The second-order valence-electron chi connectivity index (χ2n) is 3.14. The first kappa shape index (κ1) is 10.0. The highest BCUT2D eigenvalue weighted by atomic mass is 15.2. The number of amidine groups is 1. The van der Waals surface area contributed by atoms with E-state index in [1.165, 1.54) is 5.84 Å². The van der Waals surface area contributed by atoms with Crippen LogP contribution in [0.1, 0.15) is 27.2 Å². The third kappa shape index (κ3) is 2.72. The first-order valence-electron chi connectivity index (χ1n) is 4.93. The quantitative estimate of drug-likeness (QED) is 0.634. The maximum Gasteiger partial charge on any atom is 0.108 e. The fourth-order valence-electron chi connectivity index (χ4n) is 1.46. The Morgan fingerprint density at radius 3 is 2.69 bits per heavy atom. The summed E-state index contributed by atoms with van der Waals surface area (Å²) in [6, 6.07) is 0. The molecule has 72 valence electrons. The molecular formula is C11H18N2. The Balaban J connectivity index is 2.79. The van der Waals surface area contributed by atoms with Crippen molar-refractivity contribution in [2.45, 2.75) is 27.2 Å². The fourth-order valence-corrected chi connectivity index (χ4v) is 1.46. The summed E-state index contributed by atoms with van der Waals surface area (Å²) in [5, 5.41) is 0. The minimum Gasteiger partial charge on any atom is -0.360 e. The number of hydrogen-bond donors (Lipinski definition) is 0. The number of aliphatic imine (C=N–C) groups is 1. The Labute approximate surface area is 80.7 Å². The van der Waals surface area contributed by atoms with Gasteiger partial charge in [-0.15, -0.1) is 0 Å². The van der Waals surface area contributed by atoms with Gasteiger partial charge in [0.05, 0.1) is 0 Å². The van der Waals surface area contributed by atoms with Crippen LogP contribution in [0, 0.1) is 0 Å². The third-order valence-corrected chi connectivity index (χ3v) is 2.21. The van der Waals surface area contributed by atoms with Gasteiger partial charge in [0.25, 0.3) is 0 Å². The molecule has 0 atom stereocenters. The number of hydrogen-bond acceptors (Lipinski definition) is 2. The van der Waals surface area contributed by atoms with Crippen molar-refractivity contribution in [3.8, 4) is 0 Å². The molecule has 0 aromatic rings. The highest BCUT2D eigenvalue weighted by Gasteiger charge is 2.06. The second kappa shape index (κ2) is 4.85. The van der Waals surface area contributed by atoms with E-state index >= 15 is 0 Å². The second-order valence-corrected chi connectivity index (χ2v) is 3.14. The van der Waals surface area contributed by atoms with Crippen LogP contribution in [0.2, 0.25) is 0 Å². The highest BCUT2D eigenvalue weighted by molar-refractivity contribution is 5.85. The maximum atomic E-state index is 4.56. The van der Waals surface area contributed by atoms with Crippen LogP contribution in [0.25, 0.3) is 0 Å². The van der Waals surface area contributed by atoms with Gasteiger partial charge >= 0.3 is 0 Å². The molecule has 1 aliphatic rings. The van der Waals surface area contributed by atoms with Crippen LogP contribution in [-0.2, 0) is 0 Å². The van der Waals surface area contributed by atoms with E-state index in [2.05, 4.69) is 42.0 Å². The van der Waals surface area contributed by atoms with Crippen molar-refractivity contribution < 1.29 is 0 Å². The normalized spacial score (nSPS) is 16.2. The molecule has 0 N–H and O–H groups in total. The van der Waals surface area contributed by atoms with Crippen LogP contribution in [0.3, 0.4) is 0 Å². The lowest BCUT2D eigenvalue weighted by molar-refractivity contribution is 0.458. The van der Waals surface area contributed by atoms with Crippen LogP contribution in [0.4, 0.5) is 0 Å². The minimum absolute atomic E-state index is 0.954. The molecule has 0 saturated heterocycles. The van der Waals surface area contributed by atoms with Crippen molar-refractivity contribution in [1.82, 2.24) is 4.90 Å². The molecule has 1 heterocycles. The SMILES string of the molecule is CCN(CC)C1=NC(C)=CC=CC1. The molecule has 0 spiro atoms. The summed E-state index contributed by atoms with van der Waals surface area (Å²) < 4.78 is 0. The number of rotatable bonds is 2. The van der Waals surface area contributed by atoms with E-state index in [1.807, 2.05) is 6.92 Å². The van der Waals surface area contributed by atoms with Gasteiger partial charge in [0.1, 0.15) is 5.84 Å². The Morgan fingerprint density at radius 1 is 1.38 bits per heavy atom. The van der Waals surface area contributed by atoms with Gasteiger partial charge < -0.3 is 4.90 Å². The molecular weight excluding hydrogens is 160 g/mol. The molecule has 0 aliphatic carbocycles. The van der Waals surface area contributed by atoms with Gasteiger partial charge in [-0.3, -0.25) is 0 Å². The maximum absolute atomic E-state index is 4.56. The Morgan fingerprint density at radius 2 is 2.08 bits per heavy atom. The molecule has 0 aromatic carbocycles. The van der Waals surface area contributed by atoms with Gasteiger partial charge in [-0.2, -0.15) is 0 Å². The largest absolute Gasteiger partial charge is 0.360 e. The molecule has 1 rings (SSSR count). The van der Waals surface area contributed by atoms with Gasteiger partial charge in [-0.05, 0) is 26.8 Å². The fraction of sp³-hybridized carbons (Fsp3) is 0.545. The zero-order valence-electron chi connectivity index (χ0n) is 8.75. The first-order chi connectivity index (χ1) is 6.27. The first-order valence-corrected chi connectivity index (χ1v) is 4.93. The number of nitrogens with zero attached hydrogens (tertiary/aromatic N) is 2. The zero-order chi connectivity index (χ0) is 9.68. The summed E-state index contributed by atoms with van der Waals surface area (Å²) in [6.45, 7) is 8.45. The average Bonchev–Trinajstić information content (AvgIpc) is 2.32. The van der Waals surface area contributed by atoms with E-state index in [1.54, 1.807) is 0 Å². The summed E-state index contributed by atoms with van der Waals surface area (Å²) >= 11 is 0. The lowest BCUT2D eigenvalue weighted by atomic mass is 10.3. The highest BCUT2D eigenvalue weighted by Crippen LogP contribution is 2.07. The van der Waals surface area contributed by atoms with Crippen LogP contribution < -0.4 is 0 Å². The minimum atomic E-state index is 0.954. The van der Waals surface area contributed by atoms with E-state index in [4.69, 9.17) is 0 Å². The summed E-state index contributed by atoms with van der Waals surface area (Å²) in [7, 11) is 0. The molecule has 0 aromatic heterocycles. The van der Waals surface area contributed by atoms with Crippen molar-refractivity contribution in [2.75, 3.05) is 13.1 Å². The molecule has 0 saturated carbocycles. The van der Waals surface area contributed by atoms with Crippen LogP contribution in [0.5, 0.6) is 0 Å². The van der Waals surface area contributed by atoms with Crippen LogP contribution in [0.15, 0.2) is 28.9 Å². The van der Waals surface area contributed by atoms with Gasteiger partial charge in [0.2, 0.25) is 0 Å². The summed E-state index contributed by atoms with van der Waals surface area (Å²) in [5.41, 5.74) is 1.09. The van der Waals surface area contributed by atoms with Crippen molar-refractivity contribution in [2.24, 2.45) is 4.99 Å². The molecule has 2 nitrogen and oxygen atoms in total.